The monoisotopic (exact) mass is 205 g/mol. The molecule has 0 aliphatic heterocycles. The summed E-state index contributed by atoms with van der Waals surface area (Å²) in [6.07, 6.45) is 3.29. The standard InChI is InChI=1S/C10H11N3O2/c1-2-12-9(14)7(5-11)6-13(10(12)15)8-3-4-8/h6,8H,2-4H2,1H3. The Morgan fingerprint density at radius 2 is 2.20 bits per heavy atom. The van der Waals surface area contributed by atoms with Gasteiger partial charge < -0.3 is 0 Å². The maximum Gasteiger partial charge on any atom is 0.331 e. The van der Waals surface area contributed by atoms with Crippen LogP contribution < -0.4 is 11.2 Å². The van der Waals surface area contributed by atoms with E-state index in [0.29, 0.717) is 6.54 Å². The van der Waals surface area contributed by atoms with Crippen LogP contribution in [0.2, 0.25) is 0 Å². The Bertz CT molecular complexity index is 543. The molecule has 0 radical (unpaired) electrons. The van der Waals surface area contributed by atoms with Gasteiger partial charge in [-0.2, -0.15) is 5.26 Å². The maximum absolute atomic E-state index is 11.8. The predicted octanol–water partition coefficient (Wildman–Crippen LogP) is 0.236. The first-order valence-corrected chi connectivity index (χ1v) is 4.95. The fourth-order valence-corrected chi connectivity index (χ4v) is 1.59. The average molecular weight is 205 g/mol. The second kappa shape index (κ2) is 3.39. The highest BCUT2D eigenvalue weighted by Gasteiger charge is 2.26. The molecule has 1 aliphatic carbocycles. The van der Waals surface area contributed by atoms with E-state index in [1.807, 2.05) is 6.07 Å². The van der Waals surface area contributed by atoms with Gasteiger partial charge in [0.1, 0.15) is 11.6 Å². The first kappa shape index (κ1) is 9.71. The third kappa shape index (κ3) is 1.48. The van der Waals surface area contributed by atoms with Gasteiger partial charge in [0.15, 0.2) is 0 Å². The van der Waals surface area contributed by atoms with Crippen molar-refractivity contribution < 1.29 is 0 Å². The van der Waals surface area contributed by atoms with Gasteiger partial charge in [-0.15, -0.1) is 0 Å². The molecule has 0 saturated heterocycles. The Labute approximate surface area is 86.2 Å². The summed E-state index contributed by atoms with van der Waals surface area (Å²) in [5.74, 6) is 0. The van der Waals surface area contributed by atoms with Crippen molar-refractivity contribution in [1.82, 2.24) is 9.13 Å². The van der Waals surface area contributed by atoms with Gasteiger partial charge in [0.2, 0.25) is 0 Å². The summed E-state index contributed by atoms with van der Waals surface area (Å²) in [5, 5.41) is 8.78. The van der Waals surface area contributed by atoms with Gasteiger partial charge in [0.25, 0.3) is 5.56 Å². The second-order valence-electron chi connectivity index (χ2n) is 3.63. The molecule has 78 valence electrons. The van der Waals surface area contributed by atoms with Crippen LogP contribution in [0.1, 0.15) is 31.4 Å². The molecule has 0 N–H and O–H groups in total. The molecule has 0 aromatic carbocycles. The van der Waals surface area contributed by atoms with Crippen molar-refractivity contribution in [1.29, 1.82) is 5.26 Å². The molecule has 1 aliphatic rings. The van der Waals surface area contributed by atoms with Crippen LogP contribution in [0.4, 0.5) is 0 Å². The average Bonchev–Trinajstić information content (AvgIpc) is 3.03. The van der Waals surface area contributed by atoms with E-state index >= 15 is 0 Å². The quantitative estimate of drug-likeness (QED) is 0.694. The molecule has 1 aromatic heterocycles. The Kier molecular flexibility index (Phi) is 2.19. The normalized spacial score (nSPS) is 14.9. The maximum atomic E-state index is 11.8. The number of hydrogen-bond donors (Lipinski definition) is 0. The van der Waals surface area contributed by atoms with Crippen LogP contribution in [0, 0.1) is 11.3 Å². The second-order valence-corrected chi connectivity index (χ2v) is 3.63. The molecule has 0 unspecified atom stereocenters. The third-order valence-corrected chi connectivity index (χ3v) is 2.57. The van der Waals surface area contributed by atoms with Crippen molar-refractivity contribution in [3.8, 4) is 6.07 Å². The van der Waals surface area contributed by atoms with Crippen LogP contribution in [0.3, 0.4) is 0 Å². The molecular formula is C10H11N3O2. The third-order valence-electron chi connectivity index (χ3n) is 2.57. The van der Waals surface area contributed by atoms with E-state index in [0.717, 1.165) is 17.4 Å². The van der Waals surface area contributed by atoms with E-state index in [1.54, 1.807) is 6.92 Å². The van der Waals surface area contributed by atoms with E-state index in [2.05, 4.69) is 0 Å². The zero-order valence-electron chi connectivity index (χ0n) is 8.43. The van der Waals surface area contributed by atoms with Gasteiger partial charge in [-0.25, -0.2) is 4.79 Å². The number of rotatable bonds is 2. The van der Waals surface area contributed by atoms with E-state index in [1.165, 1.54) is 10.8 Å². The zero-order valence-corrected chi connectivity index (χ0v) is 8.43. The van der Waals surface area contributed by atoms with Gasteiger partial charge in [0.05, 0.1) is 0 Å². The van der Waals surface area contributed by atoms with Crippen molar-refractivity contribution in [2.45, 2.75) is 32.4 Å². The smallest absolute Gasteiger partial charge is 0.296 e. The number of nitriles is 1. The van der Waals surface area contributed by atoms with Gasteiger partial charge in [-0.1, -0.05) is 0 Å². The number of nitrogens with zero attached hydrogens (tertiary/aromatic N) is 3. The van der Waals surface area contributed by atoms with E-state index in [9.17, 15) is 9.59 Å². The Balaban J connectivity index is 2.74. The van der Waals surface area contributed by atoms with Crippen LogP contribution in [-0.2, 0) is 6.54 Å². The molecule has 0 bridgehead atoms. The van der Waals surface area contributed by atoms with Crippen molar-refractivity contribution in [3.63, 3.8) is 0 Å². The summed E-state index contributed by atoms with van der Waals surface area (Å²) in [4.78, 5) is 23.4. The van der Waals surface area contributed by atoms with E-state index in [4.69, 9.17) is 5.26 Å². The summed E-state index contributed by atoms with van der Waals surface area (Å²) in [5.41, 5.74) is -0.741. The largest absolute Gasteiger partial charge is 0.331 e. The summed E-state index contributed by atoms with van der Waals surface area (Å²) < 4.78 is 2.61. The molecule has 1 heterocycles. The first-order valence-electron chi connectivity index (χ1n) is 4.95. The van der Waals surface area contributed by atoms with E-state index < -0.39 is 5.56 Å². The lowest BCUT2D eigenvalue weighted by atomic mass is 10.3. The summed E-state index contributed by atoms with van der Waals surface area (Å²) in [6.45, 7) is 2.03. The molecule has 0 amide bonds. The molecule has 5 nitrogen and oxygen atoms in total. The molecular weight excluding hydrogens is 194 g/mol. The summed E-state index contributed by atoms with van der Waals surface area (Å²) in [7, 11) is 0. The van der Waals surface area contributed by atoms with Gasteiger partial charge in [0, 0.05) is 18.8 Å². The highest BCUT2D eigenvalue weighted by molar-refractivity contribution is 5.23. The van der Waals surface area contributed by atoms with Crippen LogP contribution in [0.5, 0.6) is 0 Å². The Hall–Kier alpha value is -1.83. The van der Waals surface area contributed by atoms with Crippen molar-refractivity contribution >= 4 is 0 Å². The zero-order chi connectivity index (χ0) is 11.0. The SMILES string of the molecule is CCn1c(=O)c(C#N)cn(C2CC2)c1=O. The van der Waals surface area contributed by atoms with Gasteiger partial charge in [-0.3, -0.25) is 13.9 Å². The van der Waals surface area contributed by atoms with Gasteiger partial charge >= 0.3 is 5.69 Å². The lowest BCUT2D eigenvalue weighted by Crippen LogP contribution is -2.40. The topological polar surface area (TPSA) is 67.8 Å². The lowest BCUT2D eigenvalue weighted by Gasteiger charge is -2.07. The fraction of sp³-hybridized carbons (Fsp3) is 0.500. The predicted molar refractivity (Wildman–Crippen MR) is 53.6 cm³/mol. The first-order chi connectivity index (χ1) is 7.19. The molecule has 5 heteroatoms. The fourth-order valence-electron chi connectivity index (χ4n) is 1.59. The minimum atomic E-state index is -0.484. The molecule has 0 spiro atoms. The molecule has 15 heavy (non-hydrogen) atoms. The Morgan fingerprint density at radius 3 is 2.67 bits per heavy atom. The van der Waals surface area contributed by atoms with Crippen LogP contribution >= 0.6 is 0 Å². The van der Waals surface area contributed by atoms with Crippen LogP contribution in [0.15, 0.2) is 15.8 Å². The van der Waals surface area contributed by atoms with Gasteiger partial charge in [-0.05, 0) is 19.8 Å². The molecule has 2 rings (SSSR count). The highest BCUT2D eigenvalue weighted by Crippen LogP contribution is 2.33. The van der Waals surface area contributed by atoms with Crippen LogP contribution in [-0.4, -0.2) is 9.13 Å². The van der Waals surface area contributed by atoms with E-state index in [-0.39, 0.29) is 17.3 Å². The molecule has 1 saturated carbocycles. The summed E-state index contributed by atoms with van der Waals surface area (Å²) in [6, 6.07) is 2.01. The minimum absolute atomic E-state index is 0.0448. The molecule has 0 atom stereocenters. The van der Waals surface area contributed by atoms with Crippen LogP contribution in [0.25, 0.3) is 0 Å². The number of hydrogen-bond acceptors (Lipinski definition) is 3. The highest BCUT2D eigenvalue weighted by atomic mass is 16.2. The van der Waals surface area contributed by atoms with Crippen molar-refractivity contribution in [3.05, 3.63) is 32.6 Å². The van der Waals surface area contributed by atoms with Crippen molar-refractivity contribution in [2.24, 2.45) is 0 Å². The number of aromatic nitrogens is 2. The molecule has 1 aromatic rings. The molecule has 1 fully saturated rings. The summed E-state index contributed by atoms with van der Waals surface area (Å²) >= 11 is 0. The van der Waals surface area contributed by atoms with Crippen molar-refractivity contribution in [2.75, 3.05) is 0 Å². The minimum Gasteiger partial charge on any atom is -0.296 e. The lowest BCUT2D eigenvalue weighted by molar-refractivity contribution is 0.576. The Morgan fingerprint density at radius 1 is 1.53 bits per heavy atom.